The molecule has 1 aromatic heterocycles. The van der Waals surface area contributed by atoms with Gasteiger partial charge in [-0.3, -0.25) is 9.69 Å². The Kier molecular flexibility index (Phi) is 4.22. The van der Waals surface area contributed by atoms with Crippen LogP contribution in [0.15, 0.2) is 4.52 Å². The van der Waals surface area contributed by atoms with Crippen molar-refractivity contribution in [2.75, 3.05) is 6.54 Å². The molecule has 0 bridgehead atoms. The number of likely N-dealkylation sites (N-methyl/N-ethyl adjacent to an activating group) is 1. The van der Waals surface area contributed by atoms with Crippen molar-refractivity contribution in [1.82, 2.24) is 15.0 Å². The number of carboxylic acid groups (broad SMARTS) is 1. The first-order valence-corrected chi connectivity index (χ1v) is 5.71. The number of aryl methyl sites for hydroxylation is 1. The Morgan fingerprint density at radius 2 is 2.12 bits per heavy atom. The van der Waals surface area contributed by atoms with Crippen LogP contribution in [-0.2, 0) is 17.8 Å². The molecule has 0 unspecified atom stereocenters. The standard InChI is InChI=1S/C11H19N3O3/c1-5-8-12-9(17-13-8)7-14(6-2)11(3,4)10(15)16/h5-7H2,1-4H3,(H,15,16). The van der Waals surface area contributed by atoms with Gasteiger partial charge in [0.1, 0.15) is 5.54 Å². The molecular weight excluding hydrogens is 222 g/mol. The Hall–Kier alpha value is -1.43. The Labute approximate surface area is 101 Å². The maximum absolute atomic E-state index is 11.2. The Balaban J connectivity index is 2.79. The number of hydrogen-bond acceptors (Lipinski definition) is 5. The topological polar surface area (TPSA) is 79.5 Å². The van der Waals surface area contributed by atoms with E-state index < -0.39 is 11.5 Å². The lowest BCUT2D eigenvalue weighted by molar-refractivity contribution is -0.149. The van der Waals surface area contributed by atoms with E-state index in [2.05, 4.69) is 10.1 Å². The minimum absolute atomic E-state index is 0.350. The van der Waals surface area contributed by atoms with Crippen LogP contribution in [0.3, 0.4) is 0 Å². The first kappa shape index (κ1) is 13.6. The van der Waals surface area contributed by atoms with E-state index in [-0.39, 0.29) is 0 Å². The molecule has 0 aliphatic rings. The van der Waals surface area contributed by atoms with Gasteiger partial charge in [0.25, 0.3) is 0 Å². The third-order valence-electron chi connectivity index (χ3n) is 2.85. The summed E-state index contributed by atoms with van der Waals surface area (Å²) < 4.78 is 5.07. The van der Waals surface area contributed by atoms with E-state index in [0.29, 0.717) is 31.2 Å². The molecule has 96 valence electrons. The minimum atomic E-state index is -0.949. The molecule has 1 rings (SSSR count). The molecule has 1 heterocycles. The lowest BCUT2D eigenvalue weighted by Crippen LogP contribution is -2.49. The predicted octanol–water partition coefficient (Wildman–Crippen LogP) is 1.32. The molecule has 0 aliphatic heterocycles. The van der Waals surface area contributed by atoms with Crippen molar-refractivity contribution >= 4 is 5.97 Å². The zero-order chi connectivity index (χ0) is 13.1. The summed E-state index contributed by atoms with van der Waals surface area (Å²) in [6.07, 6.45) is 0.706. The van der Waals surface area contributed by atoms with E-state index in [0.717, 1.165) is 0 Å². The minimum Gasteiger partial charge on any atom is -0.480 e. The van der Waals surface area contributed by atoms with Crippen molar-refractivity contribution in [2.24, 2.45) is 0 Å². The van der Waals surface area contributed by atoms with Crippen molar-refractivity contribution in [1.29, 1.82) is 0 Å². The number of nitrogens with zero attached hydrogens (tertiary/aromatic N) is 3. The molecule has 0 spiro atoms. The number of rotatable bonds is 6. The summed E-state index contributed by atoms with van der Waals surface area (Å²) in [5.41, 5.74) is -0.949. The second kappa shape index (κ2) is 5.27. The second-order valence-corrected chi connectivity index (χ2v) is 4.34. The van der Waals surface area contributed by atoms with Gasteiger partial charge in [-0.05, 0) is 20.4 Å². The summed E-state index contributed by atoms with van der Waals surface area (Å²) >= 11 is 0. The van der Waals surface area contributed by atoms with Gasteiger partial charge in [0, 0.05) is 6.42 Å². The summed E-state index contributed by atoms with van der Waals surface area (Å²) in [5.74, 6) is 0.233. The van der Waals surface area contributed by atoms with Crippen LogP contribution in [0.5, 0.6) is 0 Å². The van der Waals surface area contributed by atoms with Crippen molar-refractivity contribution in [3.63, 3.8) is 0 Å². The molecule has 0 aliphatic carbocycles. The predicted molar refractivity (Wildman–Crippen MR) is 61.5 cm³/mol. The van der Waals surface area contributed by atoms with E-state index >= 15 is 0 Å². The van der Waals surface area contributed by atoms with Gasteiger partial charge in [0.15, 0.2) is 5.82 Å². The summed E-state index contributed by atoms with van der Waals surface area (Å²) in [7, 11) is 0. The van der Waals surface area contributed by atoms with E-state index in [9.17, 15) is 4.79 Å². The van der Waals surface area contributed by atoms with E-state index in [4.69, 9.17) is 9.63 Å². The van der Waals surface area contributed by atoms with E-state index in [1.54, 1.807) is 18.7 Å². The van der Waals surface area contributed by atoms with Gasteiger partial charge in [0.05, 0.1) is 6.54 Å². The lowest BCUT2D eigenvalue weighted by Gasteiger charge is -2.32. The normalized spacial score (nSPS) is 12.1. The van der Waals surface area contributed by atoms with Gasteiger partial charge < -0.3 is 9.63 Å². The van der Waals surface area contributed by atoms with Crippen LogP contribution in [0.4, 0.5) is 0 Å². The van der Waals surface area contributed by atoms with Crippen LogP contribution in [0.2, 0.25) is 0 Å². The molecule has 0 saturated carbocycles. The first-order chi connectivity index (χ1) is 7.91. The molecule has 0 atom stereocenters. The molecule has 1 aromatic rings. The largest absolute Gasteiger partial charge is 0.480 e. The van der Waals surface area contributed by atoms with Crippen molar-refractivity contribution < 1.29 is 14.4 Å². The molecule has 0 amide bonds. The van der Waals surface area contributed by atoms with Gasteiger partial charge in [0.2, 0.25) is 5.89 Å². The average molecular weight is 241 g/mol. The van der Waals surface area contributed by atoms with Crippen LogP contribution >= 0.6 is 0 Å². The fourth-order valence-corrected chi connectivity index (χ4v) is 1.50. The van der Waals surface area contributed by atoms with Gasteiger partial charge in [-0.2, -0.15) is 4.98 Å². The molecule has 0 fully saturated rings. The zero-order valence-electron chi connectivity index (χ0n) is 10.7. The summed E-state index contributed by atoms with van der Waals surface area (Å²) in [6, 6.07) is 0. The molecule has 0 aromatic carbocycles. The van der Waals surface area contributed by atoms with Crippen LogP contribution in [0.1, 0.15) is 39.4 Å². The molecule has 1 N–H and O–H groups in total. The Morgan fingerprint density at radius 3 is 2.53 bits per heavy atom. The fourth-order valence-electron chi connectivity index (χ4n) is 1.50. The zero-order valence-corrected chi connectivity index (χ0v) is 10.7. The van der Waals surface area contributed by atoms with Crippen LogP contribution < -0.4 is 0 Å². The highest BCUT2D eigenvalue weighted by atomic mass is 16.5. The number of hydrogen-bond donors (Lipinski definition) is 1. The smallest absolute Gasteiger partial charge is 0.323 e. The highest BCUT2D eigenvalue weighted by Crippen LogP contribution is 2.17. The van der Waals surface area contributed by atoms with Gasteiger partial charge >= 0.3 is 5.97 Å². The van der Waals surface area contributed by atoms with Crippen molar-refractivity contribution in [3.05, 3.63) is 11.7 Å². The van der Waals surface area contributed by atoms with Crippen LogP contribution in [-0.4, -0.2) is 38.2 Å². The molecule has 0 saturated heterocycles. The van der Waals surface area contributed by atoms with Gasteiger partial charge in [-0.1, -0.05) is 19.0 Å². The van der Waals surface area contributed by atoms with Crippen LogP contribution in [0.25, 0.3) is 0 Å². The molecule has 0 radical (unpaired) electrons. The SMILES string of the molecule is CCc1noc(CN(CC)C(C)(C)C(=O)O)n1. The number of aliphatic carboxylic acids is 1. The average Bonchev–Trinajstić information content (AvgIpc) is 2.73. The summed E-state index contributed by atoms with van der Waals surface area (Å²) in [4.78, 5) is 17.1. The fraction of sp³-hybridized carbons (Fsp3) is 0.727. The van der Waals surface area contributed by atoms with Crippen molar-refractivity contribution in [3.8, 4) is 0 Å². The molecule has 6 nitrogen and oxygen atoms in total. The highest BCUT2D eigenvalue weighted by Gasteiger charge is 2.34. The highest BCUT2D eigenvalue weighted by molar-refractivity contribution is 5.77. The van der Waals surface area contributed by atoms with Gasteiger partial charge in [-0.15, -0.1) is 0 Å². The quantitative estimate of drug-likeness (QED) is 0.809. The first-order valence-electron chi connectivity index (χ1n) is 5.71. The summed E-state index contributed by atoms with van der Waals surface area (Å²) in [6.45, 7) is 8.12. The van der Waals surface area contributed by atoms with E-state index in [1.807, 2.05) is 13.8 Å². The number of carbonyl (C=O) groups is 1. The maximum atomic E-state index is 11.2. The number of aromatic nitrogens is 2. The number of carboxylic acids is 1. The molecule has 6 heteroatoms. The van der Waals surface area contributed by atoms with Crippen molar-refractivity contribution in [2.45, 2.75) is 46.2 Å². The Morgan fingerprint density at radius 1 is 1.47 bits per heavy atom. The monoisotopic (exact) mass is 241 g/mol. The summed E-state index contributed by atoms with van der Waals surface area (Å²) in [5, 5.41) is 13.0. The maximum Gasteiger partial charge on any atom is 0.323 e. The second-order valence-electron chi connectivity index (χ2n) is 4.34. The molecular formula is C11H19N3O3. The van der Waals surface area contributed by atoms with Gasteiger partial charge in [-0.25, -0.2) is 0 Å². The third-order valence-corrected chi connectivity index (χ3v) is 2.85. The Bertz CT molecular complexity index is 387. The lowest BCUT2D eigenvalue weighted by atomic mass is 10.0. The van der Waals surface area contributed by atoms with Crippen LogP contribution in [0, 0.1) is 0 Å². The van der Waals surface area contributed by atoms with E-state index in [1.165, 1.54) is 0 Å². The molecule has 17 heavy (non-hydrogen) atoms. The third kappa shape index (κ3) is 3.03.